The summed E-state index contributed by atoms with van der Waals surface area (Å²) in [5, 5.41) is 0. The molecule has 0 aromatic rings. The van der Waals surface area contributed by atoms with Crippen molar-refractivity contribution in [3.8, 4) is 0 Å². The molecule has 206 valence electrons. The summed E-state index contributed by atoms with van der Waals surface area (Å²) >= 11 is 0. The van der Waals surface area contributed by atoms with Gasteiger partial charge in [0, 0.05) is 19.3 Å². The fraction of sp³-hybridized carbons (Fsp3) is 0.800. The van der Waals surface area contributed by atoms with E-state index >= 15 is 0 Å². The van der Waals surface area contributed by atoms with Gasteiger partial charge in [0.05, 0.1) is 11.2 Å². The van der Waals surface area contributed by atoms with Crippen LogP contribution < -0.4 is 0 Å². The Morgan fingerprint density at radius 2 is 1.44 bits per heavy atom. The third-order valence-corrected chi connectivity index (χ3v) is 8.21. The Kier molecular flexibility index (Phi) is 9.95. The third kappa shape index (κ3) is 8.35. The Bertz CT molecular complexity index is 939. The van der Waals surface area contributed by atoms with Gasteiger partial charge in [0.25, 0.3) is 0 Å². The SMILES string of the molecule is CC1CC=C(B2OC(C)(C)C(C)(C)O2)C1.CC1CC=C(OS(=O)(=O)C(F)(F)F)C1.CC1CCC(=O)C1. The molecule has 1 aliphatic heterocycles. The normalized spacial score (nSPS) is 29.1. The van der Waals surface area contributed by atoms with Crippen molar-refractivity contribution >= 4 is 23.0 Å². The van der Waals surface area contributed by atoms with Crippen LogP contribution in [0.3, 0.4) is 0 Å². The maximum Gasteiger partial charge on any atom is 0.534 e. The van der Waals surface area contributed by atoms with Crippen LogP contribution in [0.5, 0.6) is 0 Å². The van der Waals surface area contributed by atoms with Crippen LogP contribution in [-0.4, -0.2) is 38.0 Å². The van der Waals surface area contributed by atoms with Gasteiger partial charge in [-0.1, -0.05) is 26.8 Å². The van der Waals surface area contributed by atoms with E-state index in [1.54, 1.807) is 6.92 Å². The van der Waals surface area contributed by atoms with Crippen molar-refractivity contribution in [2.45, 2.75) is 110 Å². The number of ketones is 1. The van der Waals surface area contributed by atoms with Gasteiger partial charge in [-0.2, -0.15) is 21.6 Å². The number of Topliss-reactive ketones (excluding diaryl/α,β-unsaturated/α-hetero) is 1. The van der Waals surface area contributed by atoms with Crippen molar-refractivity contribution in [3.63, 3.8) is 0 Å². The van der Waals surface area contributed by atoms with Crippen LogP contribution >= 0.6 is 0 Å². The highest BCUT2D eigenvalue weighted by atomic mass is 32.2. The van der Waals surface area contributed by atoms with Gasteiger partial charge in [-0.25, -0.2) is 0 Å². The Morgan fingerprint density at radius 3 is 1.78 bits per heavy atom. The zero-order chi connectivity index (χ0) is 27.5. The van der Waals surface area contributed by atoms with Gasteiger partial charge in [-0.3, -0.25) is 4.79 Å². The quantitative estimate of drug-likeness (QED) is 0.232. The zero-order valence-electron chi connectivity index (χ0n) is 22.4. The van der Waals surface area contributed by atoms with Crippen LogP contribution in [0, 0.1) is 17.8 Å². The molecule has 0 N–H and O–H groups in total. The van der Waals surface area contributed by atoms with Gasteiger partial charge in [0.1, 0.15) is 11.5 Å². The lowest BCUT2D eigenvalue weighted by Crippen LogP contribution is -2.41. The molecule has 3 aliphatic carbocycles. The van der Waals surface area contributed by atoms with Gasteiger partial charge < -0.3 is 13.5 Å². The number of hydrogen-bond acceptors (Lipinski definition) is 6. The van der Waals surface area contributed by atoms with Crippen molar-refractivity contribution < 1.29 is 39.9 Å². The van der Waals surface area contributed by atoms with Gasteiger partial charge >= 0.3 is 22.7 Å². The zero-order valence-corrected chi connectivity index (χ0v) is 23.2. The minimum absolute atomic E-state index is 0.111. The lowest BCUT2D eigenvalue weighted by Gasteiger charge is -2.32. The summed E-state index contributed by atoms with van der Waals surface area (Å²) in [6.07, 6.45) is 9.51. The minimum atomic E-state index is -5.47. The first-order valence-electron chi connectivity index (χ1n) is 12.6. The second-order valence-corrected chi connectivity index (χ2v) is 13.0. The highest BCUT2D eigenvalue weighted by Gasteiger charge is 2.52. The van der Waals surface area contributed by atoms with Gasteiger partial charge in [-0.05, 0) is 82.7 Å². The van der Waals surface area contributed by atoms with E-state index in [0.29, 0.717) is 18.1 Å². The minimum Gasteiger partial charge on any atom is -0.400 e. The molecule has 4 aliphatic rings. The molecule has 11 heteroatoms. The largest absolute Gasteiger partial charge is 0.534 e. The van der Waals surface area contributed by atoms with E-state index in [9.17, 15) is 26.4 Å². The van der Waals surface area contributed by atoms with Crippen LogP contribution in [-0.2, 0) is 28.4 Å². The second kappa shape index (κ2) is 11.6. The first-order valence-corrected chi connectivity index (χ1v) is 14.0. The maximum absolute atomic E-state index is 11.8. The van der Waals surface area contributed by atoms with E-state index in [-0.39, 0.29) is 36.4 Å². The molecule has 3 unspecified atom stereocenters. The number of halogens is 3. The Balaban J connectivity index is 0.000000202. The average molecular weight is 536 g/mol. The first-order chi connectivity index (χ1) is 16.3. The molecule has 0 spiro atoms. The molecule has 3 atom stereocenters. The summed E-state index contributed by atoms with van der Waals surface area (Å²) < 4.78 is 72.5. The number of carbonyl (C=O) groups is 1. The number of allylic oxidation sites excluding steroid dienone is 4. The van der Waals surface area contributed by atoms with Gasteiger partial charge in [0.15, 0.2) is 0 Å². The van der Waals surface area contributed by atoms with E-state index in [4.69, 9.17) is 9.31 Å². The average Bonchev–Trinajstić information content (AvgIpc) is 3.46. The summed E-state index contributed by atoms with van der Waals surface area (Å²) in [5.74, 6) is 1.89. The molecule has 1 saturated heterocycles. The molecule has 4 rings (SSSR count). The standard InChI is InChI=1S/C12H21BO2.C7H9F3O3S.C6H10O/c1-9-6-7-10(8-9)13-14-11(2,3)12(4,5)15-13;1-5-2-3-6(4-5)13-14(11,12)7(8,9)10;1-5-2-3-6(7)4-5/h7,9H,6,8H2,1-5H3;3,5H,2,4H2,1H3;5H,2-4H2,1H3. The van der Waals surface area contributed by atoms with Crippen LogP contribution in [0.1, 0.15) is 93.4 Å². The van der Waals surface area contributed by atoms with Crippen molar-refractivity contribution in [1.82, 2.24) is 0 Å². The Hall–Kier alpha value is -1.33. The molecule has 0 aromatic carbocycles. The van der Waals surface area contributed by atoms with Gasteiger partial charge in [0.2, 0.25) is 0 Å². The smallest absolute Gasteiger partial charge is 0.400 e. The summed E-state index contributed by atoms with van der Waals surface area (Å²) in [7, 11) is -5.58. The summed E-state index contributed by atoms with van der Waals surface area (Å²) in [5.41, 5.74) is -4.42. The van der Waals surface area contributed by atoms with E-state index < -0.39 is 15.6 Å². The molecule has 0 bridgehead atoms. The van der Waals surface area contributed by atoms with Crippen molar-refractivity contribution in [3.05, 3.63) is 23.4 Å². The summed E-state index contributed by atoms with van der Waals surface area (Å²) in [6.45, 7) is 14.6. The number of carbonyl (C=O) groups excluding carboxylic acids is 1. The predicted molar refractivity (Wildman–Crippen MR) is 133 cm³/mol. The Labute approximate surface area is 214 Å². The molecule has 36 heavy (non-hydrogen) atoms. The summed E-state index contributed by atoms with van der Waals surface area (Å²) in [6, 6.07) is 0. The molecular weight excluding hydrogens is 496 g/mol. The van der Waals surface area contributed by atoms with Crippen LogP contribution in [0.25, 0.3) is 0 Å². The predicted octanol–water partition coefficient (Wildman–Crippen LogP) is 6.52. The lowest BCUT2D eigenvalue weighted by atomic mass is 9.77. The Morgan fingerprint density at radius 1 is 0.917 bits per heavy atom. The summed E-state index contributed by atoms with van der Waals surface area (Å²) in [4.78, 5) is 10.5. The number of alkyl halides is 3. The molecule has 0 aromatic heterocycles. The van der Waals surface area contributed by atoms with Gasteiger partial charge in [-0.15, -0.1) is 0 Å². The molecular formula is C25H40BF3O6S. The van der Waals surface area contributed by atoms with Crippen molar-refractivity contribution in [2.75, 3.05) is 0 Å². The van der Waals surface area contributed by atoms with E-state index in [1.165, 1.54) is 18.0 Å². The van der Waals surface area contributed by atoms with E-state index in [0.717, 1.165) is 31.6 Å². The molecule has 6 nitrogen and oxygen atoms in total. The third-order valence-electron chi connectivity index (χ3n) is 7.21. The topological polar surface area (TPSA) is 78.9 Å². The monoisotopic (exact) mass is 536 g/mol. The number of rotatable bonds is 3. The van der Waals surface area contributed by atoms with Crippen LogP contribution in [0.2, 0.25) is 0 Å². The maximum atomic E-state index is 11.8. The fourth-order valence-electron chi connectivity index (χ4n) is 4.21. The molecule has 0 amide bonds. The van der Waals surface area contributed by atoms with E-state index in [1.807, 2.05) is 0 Å². The van der Waals surface area contributed by atoms with E-state index in [2.05, 4.69) is 51.8 Å². The molecule has 2 fully saturated rings. The number of hydrogen-bond donors (Lipinski definition) is 0. The molecule has 1 saturated carbocycles. The second-order valence-electron chi connectivity index (χ2n) is 11.5. The van der Waals surface area contributed by atoms with Crippen molar-refractivity contribution in [1.29, 1.82) is 0 Å². The lowest BCUT2D eigenvalue weighted by molar-refractivity contribution is -0.117. The van der Waals surface area contributed by atoms with Crippen molar-refractivity contribution in [2.24, 2.45) is 17.8 Å². The molecule has 1 heterocycles. The van der Waals surface area contributed by atoms with Crippen LogP contribution in [0.15, 0.2) is 23.4 Å². The van der Waals surface area contributed by atoms with Crippen LogP contribution in [0.4, 0.5) is 13.2 Å². The fourth-order valence-corrected chi connectivity index (χ4v) is 4.72. The first kappa shape index (κ1) is 30.9. The molecule has 0 radical (unpaired) electrons. The highest BCUT2D eigenvalue weighted by molar-refractivity contribution is 7.87. The highest BCUT2D eigenvalue weighted by Crippen LogP contribution is 2.41.